The Balaban J connectivity index is 2.05. The number of fused-ring (bicyclic) bond motifs is 1. The minimum absolute atomic E-state index is 0.479. The highest BCUT2D eigenvalue weighted by Crippen LogP contribution is 2.36. The van der Waals surface area contributed by atoms with E-state index in [-0.39, 0.29) is 0 Å². The molecule has 0 aliphatic rings. The molecule has 3 aromatic rings. The summed E-state index contributed by atoms with van der Waals surface area (Å²) in [6.45, 7) is 6.58. The normalized spacial score (nSPS) is 11.4. The first-order valence-corrected chi connectivity index (χ1v) is 7.81. The molecule has 0 unspecified atom stereocenters. The highest BCUT2D eigenvalue weighted by atomic mass is 32.2. The summed E-state index contributed by atoms with van der Waals surface area (Å²) in [6, 6.07) is 17.9. The van der Waals surface area contributed by atoms with Crippen LogP contribution in [0.4, 0.5) is 0 Å². The lowest BCUT2D eigenvalue weighted by Crippen LogP contribution is -1.97. The van der Waals surface area contributed by atoms with Crippen LogP contribution in [0, 0.1) is 6.92 Å². The third kappa shape index (κ3) is 2.48. The average Bonchev–Trinajstić information content (AvgIpc) is 2.81. The molecule has 0 fully saturated rings. The van der Waals surface area contributed by atoms with Crippen LogP contribution in [0.1, 0.15) is 25.5 Å². The zero-order chi connectivity index (χ0) is 14.1. The van der Waals surface area contributed by atoms with Gasteiger partial charge in [0, 0.05) is 32.9 Å². The molecular weight excluding hydrogens is 262 g/mol. The van der Waals surface area contributed by atoms with Gasteiger partial charge in [0.05, 0.1) is 0 Å². The average molecular weight is 281 g/mol. The quantitative estimate of drug-likeness (QED) is 0.597. The number of aryl methyl sites for hydroxylation is 1. The number of benzene rings is 2. The van der Waals surface area contributed by atoms with E-state index in [4.69, 9.17) is 0 Å². The molecule has 3 rings (SSSR count). The molecule has 1 heterocycles. The van der Waals surface area contributed by atoms with Gasteiger partial charge in [-0.1, -0.05) is 47.7 Å². The fraction of sp³-hybridized carbons (Fsp3) is 0.222. The second kappa shape index (κ2) is 5.37. The van der Waals surface area contributed by atoms with E-state index < -0.39 is 0 Å². The summed E-state index contributed by atoms with van der Waals surface area (Å²) in [4.78, 5) is 2.63. The molecule has 0 bridgehead atoms. The number of nitrogens with zero attached hydrogens (tertiary/aromatic N) is 1. The van der Waals surface area contributed by atoms with Crippen LogP contribution in [0.3, 0.4) is 0 Å². The molecule has 2 aromatic carbocycles. The van der Waals surface area contributed by atoms with Crippen LogP contribution in [0.5, 0.6) is 0 Å². The van der Waals surface area contributed by atoms with Crippen LogP contribution in [0.25, 0.3) is 10.9 Å². The van der Waals surface area contributed by atoms with Crippen LogP contribution in [-0.2, 0) is 0 Å². The molecule has 0 amide bonds. The largest absolute Gasteiger partial charge is 0.344 e. The first-order valence-electron chi connectivity index (χ1n) is 6.99. The fourth-order valence-corrected chi connectivity index (χ4v) is 3.39. The second-order valence-electron chi connectivity index (χ2n) is 5.43. The lowest BCUT2D eigenvalue weighted by molar-refractivity contribution is 0.620. The summed E-state index contributed by atoms with van der Waals surface area (Å²) in [5, 5.41) is 1.34. The van der Waals surface area contributed by atoms with Crippen LogP contribution in [-0.4, -0.2) is 4.57 Å². The van der Waals surface area contributed by atoms with Crippen molar-refractivity contribution >= 4 is 22.7 Å². The van der Waals surface area contributed by atoms with Crippen LogP contribution < -0.4 is 0 Å². The third-order valence-electron chi connectivity index (χ3n) is 3.51. The Morgan fingerprint density at radius 3 is 2.35 bits per heavy atom. The van der Waals surface area contributed by atoms with E-state index in [1.54, 1.807) is 0 Å². The molecular formula is C18H19NS. The smallest absolute Gasteiger partial charge is 0.0494 e. The molecule has 20 heavy (non-hydrogen) atoms. The Kier molecular flexibility index (Phi) is 3.58. The summed E-state index contributed by atoms with van der Waals surface area (Å²) in [5.41, 5.74) is 2.62. The standard InChI is InChI=1S/C18H19NS/c1-13(2)19-12-18(16-6-4-5-7-17(16)19)20-15-10-8-14(3)9-11-15/h4-13H,1-3H3. The maximum atomic E-state index is 2.35. The fourth-order valence-electron chi connectivity index (χ4n) is 2.41. The molecule has 2 heteroatoms. The van der Waals surface area contributed by atoms with Crippen molar-refractivity contribution in [2.24, 2.45) is 0 Å². The second-order valence-corrected chi connectivity index (χ2v) is 6.54. The van der Waals surface area contributed by atoms with Gasteiger partial charge in [-0.05, 0) is 39.0 Å². The van der Waals surface area contributed by atoms with E-state index in [9.17, 15) is 0 Å². The van der Waals surface area contributed by atoms with Gasteiger partial charge in [-0.2, -0.15) is 0 Å². The van der Waals surface area contributed by atoms with Gasteiger partial charge in [-0.25, -0.2) is 0 Å². The molecule has 0 radical (unpaired) electrons. The van der Waals surface area contributed by atoms with Gasteiger partial charge < -0.3 is 4.57 Å². The molecule has 0 N–H and O–H groups in total. The van der Waals surface area contributed by atoms with Gasteiger partial charge >= 0.3 is 0 Å². The number of aromatic nitrogens is 1. The maximum Gasteiger partial charge on any atom is 0.0494 e. The number of rotatable bonds is 3. The van der Waals surface area contributed by atoms with Crippen molar-refractivity contribution in [2.45, 2.75) is 36.6 Å². The van der Waals surface area contributed by atoms with Gasteiger partial charge in [0.15, 0.2) is 0 Å². The lowest BCUT2D eigenvalue weighted by atomic mass is 10.2. The molecule has 0 saturated heterocycles. The first kappa shape index (κ1) is 13.3. The zero-order valence-electron chi connectivity index (χ0n) is 12.1. The zero-order valence-corrected chi connectivity index (χ0v) is 12.9. The summed E-state index contributed by atoms with van der Waals surface area (Å²) in [7, 11) is 0. The minimum atomic E-state index is 0.479. The van der Waals surface area contributed by atoms with Crippen LogP contribution in [0.2, 0.25) is 0 Å². The highest BCUT2D eigenvalue weighted by molar-refractivity contribution is 7.99. The SMILES string of the molecule is Cc1ccc(Sc2cn(C(C)C)c3ccccc23)cc1. The van der Waals surface area contributed by atoms with E-state index in [0.717, 1.165) is 0 Å². The summed E-state index contributed by atoms with van der Waals surface area (Å²) >= 11 is 1.84. The van der Waals surface area contributed by atoms with E-state index in [2.05, 4.69) is 80.1 Å². The van der Waals surface area contributed by atoms with E-state index in [0.29, 0.717) is 6.04 Å². The first-order chi connectivity index (χ1) is 9.65. The van der Waals surface area contributed by atoms with Crippen LogP contribution in [0.15, 0.2) is 64.5 Å². The van der Waals surface area contributed by atoms with Gasteiger partial charge in [-0.3, -0.25) is 0 Å². The molecule has 102 valence electrons. The highest BCUT2D eigenvalue weighted by Gasteiger charge is 2.11. The van der Waals surface area contributed by atoms with Gasteiger partial charge in [0.25, 0.3) is 0 Å². The number of hydrogen-bond donors (Lipinski definition) is 0. The lowest BCUT2D eigenvalue weighted by Gasteiger charge is -2.08. The molecule has 1 nitrogen and oxygen atoms in total. The van der Waals surface area contributed by atoms with Crippen molar-refractivity contribution < 1.29 is 0 Å². The van der Waals surface area contributed by atoms with Crippen molar-refractivity contribution in [2.75, 3.05) is 0 Å². The van der Waals surface area contributed by atoms with Gasteiger partial charge in [0.1, 0.15) is 0 Å². The predicted octanol–water partition coefficient (Wildman–Crippen LogP) is 5.68. The van der Waals surface area contributed by atoms with E-state index in [1.807, 2.05) is 11.8 Å². The Labute approximate surface area is 124 Å². The van der Waals surface area contributed by atoms with E-state index in [1.165, 1.54) is 26.3 Å². The third-order valence-corrected chi connectivity index (χ3v) is 4.56. The summed E-state index contributed by atoms with van der Waals surface area (Å²) < 4.78 is 2.35. The van der Waals surface area contributed by atoms with Gasteiger partial charge in [-0.15, -0.1) is 0 Å². The summed E-state index contributed by atoms with van der Waals surface area (Å²) in [5.74, 6) is 0. The monoisotopic (exact) mass is 281 g/mol. The van der Waals surface area contributed by atoms with Crippen molar-refractivity contribution in [1.82, 2.24) is 4.57 Å². The Morgan fingerprint density at radius 1 is 0.950 bits per heavy atom. The Morgan fingerprint density at radius 2 is 1.65 bits per heavy atom. The molecule has 0 saturated carbocycles. The predicted molar refractivity (Wildman–Crippen MR) is 87.6 cm³/mol. The molecule has 0 aliphatic carbocycles. The molecule has 1 aromatic heterocycles. The summed E-state index contributed by atoms with van der Waals surface area (Å²) in [6.07, 6.45) is 2.28. The molecule has 0 spiro atoms. The van der Waals surface area contributed by atoms with Crippen LogP contribution >= 0.6 is 11.8 Å². The Hall–Kier alpha value is -1.67. The minimum Gasteiger partial charge on any atom is -0.344 e. The number of para-hydroxylation sites is 1. The van der Waals surface area contributed by atoms with Gasteiger partial charge in [0.2, 0.25) is 0 Å². The maximum absolute atomic E-state index is 2.35. The molecule has 0 aliphatic heterocycles. The van der Waals surface area contributed by atoms with Crippen molar-refractivity contribution in [1.29, 1.82) is 0 Å². The molecule has 0 atom stereocenters. The van der Waals surface area contributed by atoms with Crippen molar-refractivity contribution in [3.63, 3.8) is 0 Å². The van der Waals surface area contributed by atoms with E-state index >= 15 is 0 Å². The number of hydrogen-bond acceptors (Lipinski definition) is 1. The Bertz CT molecular complexity index is 723. The van der Waals surface area contributed by atoms with Crippen molar-refractivity contribution in [3.05, 3.63) is 60.3 Å². The van der Waals surface area contributed by atoms with Crippen molar-refractivity contribution in [3.8, 4) is 0 Å². The topological polar surface area (TPSA) is 4.93 Å².